The molecule has 4 nitrogen and oxygen atoms in total. The Morgan fingerprint density at radius 2 is 2.39 bits per heavy atom. The molecule has 1 aromatic rings. The summed E-state index contributed by atoms with van der Waals surface area (Å²) in [7, 11) is 0. The Morgan fingerprint density at radius 3 is 3.11 bits per heavy atom. The van der Waals surface area contributed by atoms with Crippen LogP contribution < -0.4 is 10.5 Å². The lowest BCUT2D eigenvalue weighted by Gasteiger charge is -2.41. The van der Waals surface area contributed by atoms with E-state index in [9.17, 15) is 4.79 Å². The molecule has 0 aliphatic carbocycles. The summed E-state index contributed by atoms with van der Waals surface area (Å²) in [5, 5.41) is 6.47. The molecule has 18 heavy (non-hydrogen) atoms. The van der Waals surface area contributed by atoms with Crippen LogP contribution in [0.25, 0.3) is 0 Å². The fourth-order valence-electron chi connectivity index (χ4n) is 2.92. The summed E-state index contributed by atoms with van der Waals surface area (Å²) in [6, 6.07) is 0. The van der Waals surface area contributed by atoms with Gasteiger partial charge in [-0.25, -0.2) is 5.10 Å². The van der Waals surface area contributed by atoms with E-state index in [0.717, 1.165) is 25.2 Å². The molecule has 1 aliphatic heterocycles. The topological polar surface area (TPSA) is 49.0 Å². The van der Waals surface area contributed by atoms with Crippen molar-refractivity contribution >= 4 is 17.3 Å². The van der Waals surface area contributed by atoms with E-state index in [1.54, 1.807) is 6.20 Å². The number of nitrogens with zero attached hydrogens (tertiary/aromatic N) is 2. The van der Waals surface area contributed by atoms with Gasteiger partial charge >= 0.3 is 0 Å². The van der Waals surface area contributed by atoms with Crippen LogP contribution in [0.3, 0.4) is 0 Å². The fourth-order valence-corrected chi connectivity index (χ4v) is 3.13. The second kappa shape index (κ2) is 5.31. The quantitative estimate of drug-likeness (QED) is 0.918. The van der Waals surface area contributed by atoms with Crippen LogP contribution >= 0.6 is 11.6 Å². The highest BCUT2D eigenvalue weighted by Gasteiger charge is 2.31. The van der Waals surface area contributed by atoms with Crippen LogP contribution in [-0.2, 0) is 0 Å². The van der Waals surface area contributed by atoms with E-state index in [1.165, 1.54) is 19.3 Å². The zero-order valence-corrected chi connectivity index (χ0v) is 11.8. The fraction of sp³-hybridized carbons (Fsp3) is 0.692. The molecular formula is C13H20ClN3O. The molecule has 0 amide bonds. The second-order valence-corrected chi connectivity index (χ2v) is 5.86. The van der Waals surface area contributed by atoms with E-state index in [4.69, 9.17) is 11.6 Å². The Bertz CT molecular complexity index is 470. The van der Waals surface area contributed by atoms with E-state index >= 15 is 0 Å². The number of nitrogens with one attached hydrogen (secondary N) is 1. The highest BCUT2D eigenvalue weighted by molar-refractivity contribution is 6.32. The number of hydrogen-bond acceptors (Lipinski definition) is 3. The number of aromatic nitrogens is 2. The lowest BCUT2D eigenvalue weighted by atomic mass is 9.78. The van der Waals surface area contributed by atoms with Crippen molar-refractivity contribution in [3.63, 3.8) is 0 Å². The Hall–Kier alpha value is -1.03. The summed E-state index contributed by atoms with van der Waals surface area (Å²) in [4.78, 5) is 13.7. The van der Waals surface area contributed by atoms with Gasteiger partial charge in [-0.05, 0) is 24.7 Å². The number of hydrogen-bond donors (Lipinski definition) is 1. The van der Waals surface area contributed by atoms with Crippen molar-refractivity contribution in [2.24, 2.45) is 5.41 Å². The molecule has 2 heterocycles. The summed E-state index contributed by atoms with van der Waals surface area (Å²) < 4.78 is 0. The number of anilines is 1. The number of rotatable bonds is 3. The third-order valence-electron chi connectivity index (χ3n) is 3.75. The summed E-state index contributed by atoms with van der Waals surface area (Å²) in [5.41, 5.74) is 0.776. The molecule has 2 rings (SSSR count). The molecule has 1 unspecified atom stereocenters. The normalized spacial score (nSPS) is 24.3. The Kier molecular flexibility index (Phi) is 3.95. The summed E-state index contributed by atoms with van der Waals surface area (Å²) in [6.07, 6.45) is 6.43. The molecule has 0 bridgehead atoms. The molecule has 1 atom stereocenters. The van der Waals surface area contributed by atoms with E-state index in [-0.39, 0.29) is 10.6 Å². The highest BCUT2D eigenvalue weighted by atomic mass is 35.5. The van der Waals surface area contributed by atoms with Gasteiger partial charge in [0, 0.05) is 13.1 Å². The van der Waals surface area contributed by atoms with E-state index in [0.29, 0.717) is 5.41 Å². The predicted molar refractivity (Wildman–Crippen MR) is 74.3 cm³/mol. The number of H-pyrrole nitrogens is 1. The molecule has 1 N–H and O–H groups in total. The Balaban J connectivity index is 2.23. The van der Waals surface area contributed by atoms with Gasteiger partial charge in [0.05, 0.1) is 11.9 Å². The van der Waals surface area contributed by atoms with Crippen LogP contribution in [0.2, 0.25) is 5.02 Å². The van der Waals surface area contributed by atoms with Gasteiger partial charge in [0.1, 0.15) is 5.02 Å². The van der Waals surface area contributed by atoms with Crippen LogP contribution in [0.15, 0.2) is 11.0 Å². The van der Waals surface area contributed by atoms with E-state index in [1.807, 2.05) is 0 Å². The molecule has 5 heteroatoms. The molecule has 1 saturated heterocycles. The number of aromatic amines is 1. The third-order valence-corrected chi connectivity index (χ3v) is 4.12. The van der Waals surface area contributed by atoms with Gasteiger partial charge in [-0.3, -0.25) is 4.79 Å². The van der Waals surface area contributed by atoms with E-state index in [2.05, 4.69) is 28.9 Å². The molecular weight excluding hydrogens is 250 g/mol. The minimum absolute atomic E-state index is 0.255. The molecule has 1 aromatic heterocycles. The minimum atomic E-state index is -0.308. The Morgan fingerprint density at radius 1 is 1.61 bits per heavy atom. The Labute approximate surface area is 112 Å². The van der Waals surface area contributed by atoms with Gasteiger partial charge in [0.15, 0.2) is 0 Å². The monoisotopic (exact) mass is 269 g/mol. The van der Waals surface area contributed by atoms with Gasteiger partial charge in [-0.2, -0.15) is 5.10 Å². The van der Waals surface area contributed by atoms with Crippen LogP contribution in [0, 0.1) is 5.41 Å². The molecule has 0 aromatic carbocycles. The number of piperidine rings is 1. The zero-order chi connectivity index (χ0) is 13.2. The highest BCUT2D eigenvalue weighted by Crippen LogP contribution is 2.36. The lowest BCUT2D eigenvalue weighted by Crippen LogP contribution is -2.42. The molecule has 1 aliphatic rings. The SMILES string of the molecule is CCCC1(C)CCCN(c2cn[nH]c(=O)c2Cl)C1. The minimum Gasteiger partial charge on any atom is -0.368 e. The molecule has 0 radical (unpaired) electrons. The van der Waals surface area contributed by atoms with Gasteiger partial charge < -0.3 is 4.90 Å². The van der Waals surface area contributed by atoms with Crippen molar-refractivity contribution < 1.29 is 0 Å². The van der Waals surface area contributed by atoms with Crippen LogP contribution in [0.4, 0.5) is 5.69 Å². The number of halogens is 1. The predicted octanol–water partition coefficient (Wildman–Crippen LogP) is 2.83. The lowest BCUT2D eigenvalue weighted by molar-refractivity contribution is 0.239. The van der Waals surface area contributed by atoms with Gasteiger partial charge in [0.25, 0.3) is 5.56 Å². The molecule has 0 spiro atoms. The average Bonchev–Trinajstić information content (AvgIpc) is 2.32. The third kappa shape index (κ3) is 2.69. The largest absolute Gasteiger partial charge is 0.368 e. The maximum Gasteiger partial charge on any atom is 0.285 e. The first-order valence-corrected chi connectivity index (χ1v) is 6.92. The van der Waals surface area contributed by atoms with Crippen LogP contribution in [0.1, 0.15) is 39.5 Å². The maximum atomic E-state index is 11.5. The van der Waals surface area contributed by atoms with Gasteiger partial charge in [-0.1, -0.05) is 31.9 Å². The first kappa shape index (κ1) is 13.4. The zero-order valence-electron chi connectivity index (χ0n) is 11.0. The van der Waals surface area contributed by atoms with Crippen molar-refractivity contribution in [1.29, 1.82) is 0 Å². The van der Waals surface area contributed by atoms with Crippen molar-refractivity contribution in [3.8, 4) is 0 Å². The van der Waals surface area contributed by atoms with Crippen molar-refractivity contribution in [2.75, 3.05) is 18.0 Å². The first-order chi connectivity index (χ1) is 8.56. The van der Waals surface area contributed by atoms with Crippen molar-refractivity contribution in [2.45, 2.75) is 39.5 Å². The first-order valence-electron chi connectivity index (χ1n) is 6.54. The second-order valence-electron chi connectivity index (χ2n) is 5.48. The standard InChI is InChI=1S/C13H20ClN3O/c1-3-5-13(2)6-4-7-17(9-13)10-8-15-16-12(18)11(10)14/h8H,3-7,9H2,1-2H3,(H,16,18). The molecule has 100 valence electrons. The molecule has 0 saturated carbocycles. The van der Waals surface area contributed by atoms with Crippen molar-refractivity contribution in [1.82, 2.24) is 10.2 Å². The molecule has 1 fully saturated rings. The van der Waals surface area contributed by atoms with E-state index < -0.39 is 0 Å². The summed E-state index contributed by atoms with van der Waals surface area (Å²) in [6.45, 7) is 6.43. The van der Waals surface area contributed by atoms with Crippen molar-refractivity contribution in [3.05, 3.63) is 21.6 Å². The summed E-state index contributed by atoms with van der Waals surface area (Å²) >= 11 is 6.07. The maximum absolute atomic E-state index is 11.5. The van der Waals surface area contributed by atoms with Crippen LogP contribution in [0.5, 0.6) is 0 Å². The summed E-state index contributed by atoms with van der Waals surface area (Å²) in [5.74, 6) is 0. The van der Waals surface area contributed by atoms with Crippen LogP contribution in [-0.4, -0.2) is 23.3 Å². The average molecular weight is 270 g/mol. The van der Waals surface area contributed by atoms with Gasteiger partial charge in [-0.15, -0.1) is 0 Å². The smallest absolute Gasteiger partial charge is 0.285 e. The van der Waals surface area contributed by atoms with Gasteiger partial charge in [0.2, 0.25) is 0 Å².